The summed E-state index contributed by atoms with van der Waals surface area (Å²) in [5.74, 6) is 3.34. The van der Waals surface area contributed by atoms with E-state index in [1.54, 1.807) is 0 Å². The Morgan fingerprint density at radius 3 is 2.63 bits per heavy atom. The average molecular weight is 666 g/mol. The first-order chi connectivity index (χ1) is 22.3. The van der Waals surface area contributed by atoms with Gasteiger partial charge in [-0.05, 0) is 105 Å². The number of aliphatic hydroxyl groups is 2. The van der Waals surface area contributed by atoms with Crippen LogP contribution in [0.2, 0.25) is 0 Å². The number of carbonyl (C=O) groups is 1. The molecule has 0 radical (unpaired) electrons. The van der Waals surface area contributed by atoms with Crippen molar-refractivity contribution < 1.29 is 15.0 Å². The number of aliphatic hydroxyl groups excluding tert-OH is 2. The molecule has 46 heavy (non-hydrogen) atoms. The molecule has 4 aliphatic carbocycles. The number of Topliss-reactive ketones (excluding diaryl/α,β-unsaturated/α-hetero) is 1. The number of fused-ring (bicyclic) bond motifs is 1. The fourth-order valence-corrected chi connectivity index (χ4v) is 15.8. The number of hydrogen-bond donors (Lipinski definition) is 4. The molecule has 7 rings (SSSR count). The molecular formula is C38H55N3O3S2. The summed E-state index contributed by atoms with van der Waals surface area (Å²) in [6.07, 6.45) is 15.3. The zero-order valence-corrected chi connectivity index (χ0v) is 29.4. The molecule has 0 aromatic heterocycles. The van der Waals surface area contributed by atoms with Crippen LogP contribution in [0.3, 0.4) is 0 Å². The quantitative estimate of drug-likeness (QED) is 0.247. The van der Waals surface area contributed by atoms with Crippen LogP contribution >= 0.6 is 21.6 Å². The highest BCUT2D eigenvalue weighted by Crippen LogP contribution is 2.75. The van der Waals surface area contributed by atoms with E-state index < -0.39 is 0 Å². The summed E-state index contributed by atoms with van der Waals surface area (Å²) in [6, 6.07) is 10.9. The summed E-state index contributed by atoms with van der Waals surface area (Å²) in [5, 5.41) is 24.5. The zero-order chi connectivity index (χ0) is 32.0. The molecule has 2 aliphatic heterocycles. The van der Waals surface area contributed by atoms with Gasteiger partial charge in [0, 0.05) is 48.0 Å². The van der Waals surface area contributed by atoms with E-state index in [1.165, 1.54) is 43.2 Å². The van der Waals surface area contributed by atoms with Crippen LogP contribution in [0.15, 0.2) is 46.5 Å². The molecule has 2 heterocycles. The van der Waals surface area contributed by atoms with Crippen LogP contribution in [0.1, 0.15) is 102 Å². The third kappa shape index (κ3) is 5.13. The van der Waals surface area contributed by atoms with Crippen LogP contribution in [-0.4, -0.2) is 57.8 Å². The summed E-state index contributed by atoms with van der Waals surface area (Å²) >= 11 is 0. The van der Waals surface area contributed by atoms with Gasteiger partial charge in [-0.2, -0.15) is 0 Å². The number of ketones is 1. The van der Waals surface area contributed by atoms with Crippen LogP contribution in [0.4, 0.5) is 0 Å². The third-order valence-corrected chi connectivity index (χ3v) is 17.4. The predicted octanol–water partition coefficient (Wildman–Crippen LogP) is 6.84. The number of nitrogens with two attached hydrogens (primary N) is 1. The Bertz CT molecular complexity index is 1350. The lowest BCUT2D eigenvalue weighted by atomic mass is 9.47. The van der Waals surface area contributed by atoms with Gasteiger partial charge in [0.15, 0.2) is 11.7 Å². The summed E-state index contributed by atoms with van der Waals surface area (Å²) in [7, 11) is 4.26. The number of hydrogen-bond acceptors (Lipinski definition) is 8. The van der Waals surface area contributed by atoms with Gasteiger partial charge in [0.2, 0.25) is 0 Å². The molecule has 3 fully saturated rings. The minimum absolute atomic E-state index is 0.0422. The Balaban J connectivity index is 1.30. The Labute approximate surface area is 284 Å². The summed E-state index contributed by atoms with van der Waals surface area (Å²) < 4.78 is 0.0462. The molecule has 5 N–H and O–H groups in total. The van der Waals surface area contributed by atoms with Crippen molar-refractivity contribution in [2.24, 2.45) is 45.2 Å². The van der Waals surface area contributed by atoms with E-state index in [4.69, 9.17) is 10.7 Å². The van der Waals surface area contributed by atoms with Crippen molar-refractivity contribution in [2.75, 3.05) is 25.5 Å². The van der Waals surface area contributed by atoms with Gasteiger partial charge in [0.05, 0.1) is 5.54 Å². The van der Waals surface area contributed by atoms with E-state index in [2.05, 4.69) is 64.2 Å². The smallest absolute Gasteiger partial charge is 0.189 e. The Hall–Kier alpha value is -1.48. The monoisotopic (exact) mass is 665 g/mol. The maximum absolute atomic E-state index is 14.3. The van der Waals surface area contributed by atoms with Gasteiger partial charge >= 0.3 is 0 Å². The second kappa shape index (κ2) is 13.1. The molecule has 6 aliphatic rings. The molecule has 252 valence electrons. The fraction of sp³-hybridized carbons (Fsp3) is 0.737. The summed E-state index contributed by atoms with van der Waals surface area (Å²) in [6.45, 7) is 3.61. The van der Waals surface area contributed by atoms with E-state index in [9.17, 15) is 15.0 Å². The Morgan fingerprint density at radius 2 is 1.87 bits per heavy atom. The number of nitrogens with zero attached hydrogens (tertiary/aromatic N) is 1. The largest absolute Gasteiger partial charge is 0.396 e. The van der Waals surface area contributed by atoms with Gasteiger partial charge in [-0.25, -0.2) is 0 Å². The molecule has 6 nitrogen and oxygen atoms in total. The number of nitrogens with one attached hydrogen (secondary N) is 1. The highest BCUT2D eigenvalue weighted by Gasteiger charge is 2.70. The van der Waals surface area contributed by atoms with Gasteiger partial charge < -0.3 is 21.3 Å². The van der Waals surface area contributed by atoms with Crippen molar-refractivity contribution in [3.05, 3.63) is 47.0 Å². The van der Waals surface area contributed by atoms with Crippen molar-refractivity contribution in [1.82, 2.24) is 5.32 Å². The van der Waals surface area contributed by atoms with E-state index in [-0.39, 0.29) is 46.2 Å². The van der Waals surface area contributed by atoms with E-state index in [0.717, 1.165) is 75.7 Å². The van der Waals surface area contributed by atoms with Gasteiger partial charge in [-0.15, -0.1) is 0 Å². The molecule has 7 atom stereocenters. The van der Waals surface area contributed by atoms with Crippen molar-refractivity contribution in [3.8, 4) is 0 Å². The first kappa shape index (κ1) is 33.0. The number of aliphatic imine (C=N–C) groups is 1. The van der Waals surface area contributed by atoms with Gasteiger partial charge in [0.25, 0.3) is 0 Å². The number of benzene rings is 1. The number of allylic oxidation sites excluding steroid dienone is 2. The molecule has 1 aromatic carbocycles. The topological polar surface area (TPSA) is 108 Å². The lowest BCUT2D eigenvalue weighted by Gasteiger charge is -2.58. The van der Waals surface area contributed by atoms with E-state index in [1.807, 2.05) is 0 Å². The van der Waals surface area contributed by atoms with Crippen LogP contribution in [0, 0.1) is 34.5 Å². The molecule has 3 saturated carbocycles. The minimum Gasteiger partial charge on any atom is -0.396 e. The van der Waals surface area contributed by atoms with Gasteiger partial charge in [-0.1, -0.05) is 83.7 Å². The van der Waals surface area contributed by atoms with Crippen molar-refractivity contribution in [3.63, 3.8) is 0 Å². The van der Waals surface area contributed by atoms with Crippen LogP contribution in [0.5, 0.6) is 0 Å². The van der Waals surface area contributed by atoms with E-state index >= 15 is 0 Å². The van der Waals surface area contributed by atoms with Crippen molar-refractivity contribution >= 4 is 33.3 Å². The Kier molecular flexibility index (Phi) is 9.40. The van der Waals surface area contributed by atoms with E-state index in [0.29, 0.717) is 30.0 Å². The molecule has 0 unspecified atom stereocenters. The lowest BCUT2D eigenvalue weighted by molar-refractivity contribution is -0.125. The van der Waals surface area contributed by atoms with Gasteiger partial charge in [0.1, 0.15) is 0 Å². The fourth-order valence-electron chi connectivity index (χ4n) is 11.9. The number of guanidine groups is 1. The van der Waals surface area contributed by atoms with Gasteiger partial charge in [-0.3, -0.25) is 9.79 Å². The highest BCUT2D eigenvalue weighted by molar-refractivity contribution is 8.77. The molecule has 3 spiro atoms. The maximum atomic E-state index is 14.3. The second-order valence-electron chi connectivity index (χ2n) is 15.8. The number of carbonyl (C=O) groups excluding carboxylic acids is 1. The predicted molar refractivity (Wildman–Crippen MR) is 191 cm³/mol. The summed E-state index contributed by atoms with van der Waals surface area (Å²) in [5.41, 5.74) is 10.3. The highest BCUT2D eigenvalue weighted by atomic mass is 33.1. The molecular weight excluding hydrogens is 611 g/mol. The first-order valence-electron chi connectivity index (χ1n) is 18.2. The Morgan fingerprint density at radius 1 is 1.07 bits per heavy atom. The normalized spacial score (nSPS) is 39.0. The molecule has 0 saturated heterocycles. The molecule has 0 amide bonds. The number of rotatable bonds is 6. The SMILES string of the molecule is C[C@]12CCSSC3(CCCCC3)[C@@]3(CCCC4=C5C[C@H]1C[C@H](CO)[C@@H](CCCO)[C@@]52CC4=O)NC(N)=NC[C@@H]3Cc1ccccc1. The average Bonchev–Trinajstić information content (AvgIpc) is 3.40. The van der Waals surface area contributed by atoms with Crippen molar-refractivity contribution in [1.29, 1.82) is 0 Å². The molecule has 1 aromatic rings. The second-order valence-corrected chi connectivity index (χ2v) is 18.6. The van der Waals surface area contributed by atoms with Crippen LogP contribution < -0.4 is 11.1 Å². The summed E-state index contributed by atoms with van der Waals surface area (Å²) in [4.78, 5) is 19.1. The van der Waals surface area contributed by atoms with Crippen LogP contribution in [-0.2, 0) is 11.2 Å². The molecule has 5 bridgehead atoms. The molecule has 8 heteroatoms. The first-order valence-corrected chi connectivity index (χ1v) is 20.5. The third-order valence-electron chi connectivity index (χ3n) is 14.0. The minimum atomic E-state index is -0.199. The maximum Gasteiger partial charge on any atom is 0.189 e. The lowest BCUT2D eigenvalue weighted by Crippen LogP contribution is -2.71. The standard InChI is InChI=1S/C38H55N3O3S2/c1-35-17-19-45-46-36(14-6-3-7-15-36)38(29(24-40-34(39)41-38)20-26-10-4-2-5-11-26)16-8-12-30-32-22-28(35)21-27(25-43)31(13-9-18-42)37(32,35)23-33(30)44/h2,4-5,10-11,27-29,31,42-43H,3,6-9,12-25H2,1H3,(H3,39,40,41)/t27-,28-,29+,31-,35+,37+,38+/m1/s1. The van der Waals surface area contributed by atoms with Crippen LogP contribution in [0.25, 0.3) is 0 Å². The zero-order valence-electron chi connectivity index (χ0n) is 27.8. The van der Waals surface area contributed by atoms with Crippen molar-refractivity contribution in [2.45, 2.75) is 114 Å².